The lowest BCUT2D eigenvalue weighted by Gasteiger charge is -2.19. The third-order valence-electron chi connectivity index (χ3n) is 3.27. The molecular weight excluding hydrogens is 241 g/mol. The zero-order valence-electron chi connectivity index (χ0n) is 10.0. The van der Waals surface area contributed by atoms with Crippen molar-refractivity contribution in [2.24, 2.45) is 0 Å². The van der Waals surface area contributed by atoms with Crippen molar-refractivity contribution >= 4 is 11.5 Å². The van der Waals surface area contributed by atoms with Crippen LogP contribution in [0.1, 0.15) is 16.7 Å². The van der Waals surface area contributed by atoms with Gasteiger partial charge >= 0.3 is 0 Å². The molecule has 0 unspecified atom stereocenters. The van der Waals surface area contributed by atoms with Gasteiger partial charge < -0.3 is 4.90 Å². The average molecular weight is 251 g/mol. The standard InChI is InChI=1S/C15H10FN3/c16-13-6-3-7-14(12(13)8-17)19-9-10-4-1-2-5-11(10)15(19)18/h1-7,18H,9H2. The Kier molecular flexibility index (Phi) is 2.53. The Morgan fingerprint density at radius 1 is 1.16 bits per heavy atom. The summed E-state index contributed by atoms with van der Waals surface area (Å²) in [6.07, 6.45) is 0. The summed E-state index contributed by atoms with van der Waals surface area (Å²) in [5, 5.41) is 17.2. The summed E-state index contributed by atoms with van der Waals surface area (Å²) in [5.41, 5.74) is 2.28. The van der Waals surface area contributed by atoms with E-state index in [0.717, 1.165) is 11.1 Å². The number of nitrogens with zero attached hydrogens (tertiary/aromatic N) is 2. The Balaban J connectivity index is 2.10. The Labute approximate surface area is 110 Å². The number of fused-ring (bicyclic) bond motifs is 1. The molecule has 1 N–H and O–H groups in total. The van der Waals surface area contributed by atoms with Gasteiger partial charge in [-0.2, -0.15) is 5.26 Å². The molecule has 0 saturated heterocycles. The highest BCUT2D eigenvalue weighted by molar-refractivity contribution is 6.12. The van der Waals surface area contributed by atoms with Crippen molar-refractivity contribution in [2.45, 2.75) is 6.54 Å². The highest BCUT2D eigenvalue weighted by Crippen LogP contribution is 2.31. The number of hydrogen-bond donors (Lipinski definition) is 1. The van der Waals surface area contributed by atoms with E-state index in [9.17, 15) is 4.39 Å². The summed E-state index contributed by atoms with van der Waals surface area (Å²) in [6, 6.07) is 13.9. The van der Waals surface area contributed by atoms with Crippen molar-refractivity contribution in [1.29, 1.82) is 10.7 Å². The second-order valence-electron chi connectivity index (χ2n) is 4.34. The number of nitrogens with one attached hydrogen (secondary N) is 1. The fourth-order valence-electron chi connectivity index (χ4n) is 2.34. The number of benzene rings is 2. The van der Waals surface area contributed by atoms with Crippen LogP contribution in [-0.2, 0) is 6.54 Å². The number of anilines is 1. The largest absolute Gasteiger partial charge is 0.321 e. The van der Waals surface area contributed by atoms with Crippen molar-refractivity contribution in [3.8, 4) is 6.07 Å². The summed E-state index contributed by atoms with van der Waals surface area (Å²) in [6.45, 7) is 0.493. The quantitative estimate of drug-likeness (QED) is 0.846. The maximum atomic E-state index is 13.6. The minimum Gasteiger partial charge on any atom is -0.321 e. The van der Waals surface area contributed by atoms with Crippen LogP contribution < -0.4 is 4.90 Å². The van der Waals surface area contributed by atoms with Crippen molar-refractivity contribution in [1.82, 2.24) is 0 Å². The van der Waals surface area contributed by atoms with E-state index in [4.69, 9.17) is 10.7 Å². The smallest absolute Gasteiger partial charge is 0.143 e. The maximum absolute atomic E-state index is 13.6. The van der Waals surface area contributed by atoms with Gasteiger partial charge in [-0.1, -0.05) is 30.3 Å². The normalized spacial score (nSPS) is 13.3. The van der Waals surface area contributed by atoms with Gasteiger partial charge in [0.25, 0.3) is 0 Å². The van der Waals surface area contributed by atoms with E-state index < -0.39 is 5.82 Å². The minimum atomic E-state index is -0.552. The van der Waals surface area contributed by atoms with Crippen LogP contribution in [0.25, 0.3) is 0 Å². The Bertz CT molecular complexity index is 716. The first-order chi connectivity index (χ1) is 9.22. The van der Waals surface area contributed by atoms with E-state index in [0.29, 0.717) is 18.1 Å². The van der Waals surface area contributed by atoms with Crippen LogP contribution in [0.3, 0.4) is 0 Å². The van der Waals surface area contributed by atoms with Gasteiger partial charge in [0.15, 0.2) is 0 Å². The summed E-state index contributed by atoms with van der Waals surface area (Å²) in [4.78, 5) is 1.66. The molecule has 1 heterocycles. The predicted molar refractivity (Wildman–Crippen MR) is 70.6 cm³/mol. The number of halogens is 1. The zero-order chi connectivity index (χ0) is 13.4. The molecule has 0 fully saturated rings. The summed E-state index contributed by atoms with van der Waals surface area (Å²) in [7, 11) is 0. The van der Waals surface area contributed by atoms with E-state index in [1.165, 1.54) is 6.07 Å². The molecule has 19 heavy (non-hydrogen) atoms. The van der Waals surface area contributed by atoms with Crippen LogP contribution in [0.15, 0.2) is 42.5 Å². The second-order valence-corrected chi connectivity index (χ2v) is 4.34. The van der Waals surface area contributed by atoms with Crippen LogP contribution in [-0.4, -0.2) is 5.84 Å². The van der Waals surface area contributed by atoms with Crippen molar-refractivity contribution in [3.05, 3.63) is 65.0 Å². The lowest BCUT2D eigenvalue weighted by Crippen LogP contribution is -2.24. The number of amidine groups is 1. The van der Waals surface area contributed by atoms with Crippen molar-refractivity contribution < 1.29 is 4.39 Å². The Morgan fingerprint density at radius 2 is 1.95 bits per heavy atom. The molecule has 3 nitrogen and oxygen atoms in total. The van der Waals surface area contributed by atoms with Gasteiger partial charge in [-0.25, -0.2) is 4.39 Å². The third kappa shape index (κ3) is 1.67. The zero-order valence-corrected chi connectivity index (χ0v) is 10.0. The monoisotopic (exact) mass is 251 g/mol. The van der Waals surface area contributed by atoms with E-state index >= 15 is 0 Å². The summed E-state index contributed by atoms with van der Waals surface area (Å²) < 4.78 is 13.6. The lowest BCUT2D eigenvalue weighted by molar-refractivity contribution is 0.624. The van der Waals surface area contributed by atoms with Crippen LogP contribution in [0.2, 0.25) is 0 Å². The first-order valence-electron chi connectivity index (χ1n) is 5.85. The molecule has 1 aliphatic rings. The van der Waals surface area contributed by atoms with Crippen molar-refractivity contribution in [2.75, 3.05) is 4.90 Å². The van der Waals surface area contributed by atoms with Crippen LogP contribution in [0, 0.1) is 22.6 Å². The highest BCUT2D eigenvalue weighted by Gasteiger charge is 2.27. The number of nitriles is 1. The van der Waals surface area contributed by atoms with Crippen molar-refractivity contribution in [3.63, 3.8) is 0 Å². The number of rotatable bonds is 1. The summed E-state index contributed by atoms with van der Waals surface area (Å²) in [5.74, 6) is -0.249. The molecule has 0 spiro atoms. The molecule has 92 valence electrons. The Hall–Kier alpha value is -2.67. The van der Waals surface area contributed by atoms with Gasteiger partial charge in [0.05, 0.1) is 12.2 Å². The Morgan fingerprint density at radius 3 is 2.68 bits per heavy atom. The molecular formula is C15H10FN3. The van der Waals surface area contributed by atoms with Gasteiger partial charge in [-0.05, 0) is 17.7 Å². The van der Waals surface area contributed by atoms with Gasteiger partial charge in [0.1, 0.15) is 23.3 Å². The molecule has 2 aromatic carbocycles. The number of hydrogen-bond acceptors (Lipinski definition) is 2. The molecule has 0 amide bonds. The second kappa shape index (κ2) is 4.21. The van der Waals surface area contributed by atoms with E-state index in [-0.39, 0.29) is 5.56 Å². The average Bonchev–Trinajstić information content (AvgIpc) is 2.76. The lowest BCUT2D eigenvalue weighted by atomic mass is 10.1. The molecule has 0 aliphatic carbocycles. The first kappa shape index (κ1) is 11.4. The van der Waals surface area contributed by atoms with Gasteiger partial charge in [-0.3, -0.25) is 5.41 Å². The van der Waals surface area contributed by atoms with E-state index in [1.54, 1.807) is 17.0 Å². The SMILES string of the molecule is N#Cc1c(F)cccc1N1Cc2ccccc2C1=N. The molecule has 1 aliphatic heterocycles. The van der Waals surface area contributed by atoms with Crippen LogP contribution in [0.4, 0.5) is 10.1 Å². The van der Waals surface area contributed by atoms with Crippen LogP contribution >= 0.6 is 0 Å². The van der Waals surface area contributed by atoms with Crippen LogP contribution in [0.5, 0.6) is 0 Å². The molecule has 4 heteroatoms. The van der Waals surface area contributed by atoms with E-state index in [1.807, 2.05) is 30.3 Å². The van der Waals surface area contributed by atoms with Gasteiger partial charge in [-0.15, -0.1) is 0 Å². The molecule has 0 atom stereocenters. The molecule has 0 saturated carbocycles. The molecule has 0 bridgehead atoms. The predicted octanol–water partition coefficient (Wildman–Crippen LogP) is 3.04. The molecule has 3 rings (SSSR count). The topological polar surface area (TPSA) is 50.9 Å². The third-order valence-corrected chi connectivity index (χ3v) is 3.27. The highest BCUT2D eigenvalue weighted by atomic mass is 19.1. The maximum Gasteiger partial charge on any atom is 0.143 e. The molecule has 2 aromatic rings. The van der Waals surface area contributed by atoms with Gasteiger partial charge in [0.2, 0.25) is 0 Å². The fourth-order valence-corrected chi connectivity index (χ4v) is 2.34. The summed E-state index contributed by atoms with van der Waals surface area (Å²) >= 11 is 0. The van der Waals surface area contributed by atoms with E-state index in [2.05, 4.69) is 0 Å². The first-order valence-corrected chi connectivity index (χ1v) is 5.85. The molecule has 0 aromatic heterocycles. The van der Waals surface area contributed by atoms with Gasteiger partial charge in [0, 0.05) is 5.56 Å². The molecule has 0 radical (unpaired) electrons. The minimum absolute atomic E-state index is 0.0138. The fraction of sp³-hybridized carbons (Fsp3) is 0.0667.